The largest absolute Gasteiger partial charge is 0.309 e. The third kappa shape index (κ3) is 4.53. The van der Waals surface area contributed by atoms with Gasteiger partial charge in [-0.3, -0.25) is 0 Å². The monoisotopic (exact) mass is 705 g/mol. The Hall–Kier alpha value is -6.62. The van der Waals surface area contributed by atoms with Crippen LogP contribution in [0.25, 0.3) is 94.1 Å². The number of benzene rings is 8. The van der Waals surface area contributed by atoms with Crippen molar-refractivity contribution in [2.24, 2.45) is 0 Å². The van der Waals surface area contributed by atoms with Gasteiger partial charge in [0.25, 0.3) is 0 Å². The van der Waals surface area contributed by atoms with E-state index >= 15 is 0 Å². The van der Waals surface area contributed by atoms with Crippen molar-refractivity contribution in [1.82, 2.24) is 14.5 Å². The lowest BCUT2D eigenvalue weighted by atomic mass is 9.98. The highest BCUT2D eigenvalue weighted by molar-refractivity contribution is 7.05. The van der Waals surface area contributed by atoms with Crippen LogP contribution in [0.2, 0.25) is 13.1 Å². The highest BCUT2D eigenvalue weighted by Gasteiger charge is 2.39. The Labute approximate surface area is 314 Å². The average molecular weight is 706 g/mol. The van der Waals surface area contributed by atoms with E-state index in [-0.39, 0.29) is 0 Å². The number of nitrogens with zero attached hydrogens (tertiary/aromatic N) is 3. The number of rotatable bonds is 4. The lowest BCUT2D eigenvalue weighted by molar-refractivity contribution is 1.18. The molecule has 0 saturated heterocycles. The first-order chi connectivity index (χ1) is 26.5. The van der Waals surface area contributed by atoms with E-state index in [0.717, 1.165) is 44.8 Å². The highest BCUT2D eigenvalue weighted by atomic mass is 28.3. The predicted octanol–water partition coefficient (Wildman–Crippen LogP) is 11.7. The van der Waals surface area contributed by atoms with Gasteiger partial charge in [-0.25, -0.2) is 9.97 Å². The second kappa shape index (κ2) is 11.7. The molecule has 0 spiro atoms. The van der Waals surface area contributed by atoms with Crippen molar-refractivity contribution in [3.05, 3.63) is 176 Å². The first-order valence-electron chi connectivity index (χ1n) is 18.7. The molecule has 1 aliphatic heterocycles. The van der Waals surface area contributed by atoms with Gasteiger partial charge < -0.3 is 4.57 Å². The van der Waals surface area contributed by atoms with Gasteiger partial charge in [0.2, 0.25) is 0 Å². The molecule has 0 radical (unpaired) electrons. The summed E-state index contributed by atoms with van der Waals surface area (Å²) >= 11 is 0. The summed E-state index contributed by atoms with van der Waals surface area (Å²) in [6.45, 7) is 4.94. The molecule has 0 bridgehead atoms. The molecule has 0 N–H and O–H groups in total. The summed E-state index contributed by atoms with van der Waals surface area (Å²) in [5, 5.41) is 9.02. The third-order valence-corrected chi connectivity index (χ3v) is 15.1. The fourth-order valence-electron chi connectivity index (χ4n) is 9.06. The van der Waals surface area contributed by atoms with Crippen LogP contribution >= 0.6 is 0 Å². The van der Waals surface area contributed by atoms with Crippen LogP contribution < -0.4 is 10.4 Å². The van der Waals surface area contributed by atoms with Gasteiger partial charge in [0.15, 0.2) is 5.82 Å². The van der Waals surface area contributed by atoms with E-state index < -0.39 is 8.07 Å². The van der Waals surface area contributed by atoms with Gasteiger partial charge in [0.05, 0.1) is 22.2 Å². The maximum atomic E-state index is 5.50. The minimum Gasteiger partial charge on any atom is -0.309 e. The van der Waals surface area contributed by atoms with Gasteiger partial charge in [0, 0.05) is 33.0 Å². The molecule has 11 rings (SSSR count). The Morgan fingerprint density at radius 2 is 1.17 bits per heavy atom. The van der Waals surface area contributed by atoms with Crippen molar-refractivity contribution in [3.63, 3.8) is 0 Å². The summed E-state index contributed by atoms with van der Waals surface area (Å²) in [6, 6.07) is 63.7. The van der Waals surface area contributed by atoms with Gasteiger partial charge in [-0.15, -0.1) is 0 Å². The van der Waals surface area contributed by atoms with Crippen molar-refractivity contribution in [1.29, 1.82) is 0 Å². The van der Waals surface area contributed by atoms with Crippen LogP contribution in [0.4, 0.5) is 0 Å². The molecule has 0 fully saturated rings. The van der Waals surface area contributed by atoms with E-state index in [1.807, 2.05) is 0 Å². The Bertz CT molecular complexity index is 3120. The summed E-state index contributed by atoms with van der Waals surface area (Å²) in [7, 11) is -2.04. The summed E-state index contributed by atoms with van der Waals surface area (Å²) in [5.41, 5.74) is 12.7. The van der Waals surface area contributed by atoms with Crippen LogP contribution in [0.5, 0.6) is 0 Å². The molecular formula is C50H35N3Si. The van der Waals surface area contributed by atoms with Gasteiger partial charge in [-0.1, -0.05) is 153 Å². The van der Waals surface area contributed by atoms with Crippen molar-refractivity contribution in [2.75, 3.05) is 0 Å². The van der Waals surface area contributed by atoms with Gasteiger partial charge in [-0.2, -0.15) is 0 Å². The average Bonchev–Trinajstić information content (AvgIpc) is 3.69. The van der Waals surface area contributed by atoms with Gasteiger partial charge in [0.1, 0.15) is 8.07 Å². The lowest BCUT2D eigenvalue weighted by Crippen LogP contribution is -2.49. The highest BCUT2D eigenvalue weighted by Crippen LogP contribution is 2.40. The molecule has 1 aliphatic rings. The van der Waals surface area contributed by atoms with Crippen LogP contribution in [0.3, 0.4) is 0 Å². The SMILES string of the molecule is C[Si]1(C)c2ccccc2-c2ccc3c(-c4ccccc4)nc(-c4cccc(-c5ccc6c(c5)c5c7ccccc7ccc5n6-c5ccccc5)c4)nc3c21. The summed E-state index contributed by atoms with van der Waals surface area (Å²) < 4.78 is 2.40. The number of hydrogen-bond acceptors (Lipinski definition) is 2. The summed E-state index contributed by atoms with van der Waals surface area (Å²) in [4.78, 5) is 10.9. The van der Waals surface area contributed by atoms with Crippen molar-refractivity contribution >= 4 is 61.9 Å². The third-order valence-electron chi connectivity index (χ3n) is 11.6. The molecule has 0 atom stereocenters. The van der Waals surface area contributed by atoms with Gasteiger partial charge >= 0.3 is 0 Å². The summed E-state index contributed by atoms with van der Waals surface area (Å²) in [5.74, 6) is 0.755. The Morgan fingerprint density at radius 1 is 0.463 bits per heavy atom. The molecule has 0 aliphatic carbocycles. The standard InChI is InChI=1S/C50H35N3Si/c1-54(2)45-23-12-11-22-39(45)40-26-27-41-47(33-15-5-3-6-16-33)51-50(52-48(41)49(40)54)36-18-13-17-34(30-36)35-25-28-43-42(31-35)46-38-21-10-9-14-32(38)24-29-44(46)53(43)37-19-7-4-8-20-37/h3-31H,1-2H3. The molecule has 3 nitrogen and oxygen atoms in total. The van der Waals surface area contributed by atoms with Crippen molar-refractivity contribution in [3.8, 4) is 50.6 Å². The second-order valence-corrected chi connectivity index (χ2v) is 19.3. The molecule has 254 valence electrons. The minimum atomic E-state index is -2.04. The molecule has 3 heterocycles. The van der Waals surface area contributed by atoms with E-state index in [2.05, 4.69) is 194 Å². The lowest BCUT2D eigenvalue weighted by Gasteiger charge is -2.21. The van der Waals surface area contributed by atoms with E-state index in [1.165, 1.54) is 59.6 Å². The molecule has 8 aromatic carbocycles. The topological polar surface area (TPSA) is 30.7 Å². The first kappa shape index (κ1) is 31.0. The van der Waals surface area contributed by atoms with Crippen LogP contribution in [-0.2, 0) is 0 Å². The second-order valence-electron chi connectivity index (χ2n) is 15.0. The zero-order chi connectivity index (χ0) is 36.0. The molecule has 54 heavy (non-hydrogen) atoms. The van der Waals surface area contributed by atoms with E-state index in [4.69, 9.17) is 9.97 Å². The van der Waals surface area contributed by atoms with Crippen molar-refractivity contribution in [2.45, 2.75) is 13.1 Å². The smallest absolute Gasteiger partial charge is 0.160 e. The summed E-state index contributed by atoms with van der Waals surface area (Å²) in [6.07, 6.45) is 0. The number of aromatic nitrogens is 3. The molecule has 0 unspecified atom stereocenters. The quantitative estimate of drug-likeness (QED) is 0.171. The van der Waals surface area contributed by atoms with Crippen LogP contribution in [0.1, 0.15) is 0 Å². The number of para-hydroxylation sites is 1. The Kier molecular flexibility index (Phi) is 6.70. The fourth-order valence-corrected chi connectivity index (χ4v) is 12.4. The van der Waals surface area contributed by atoms with E-state index in [1.54, 1.807) is 0 Å². The molecule has 4 heteroatoms. The van der Waals surface area contributed by atoms with E-state index in [0.29, 0.717) is 0 Å². The van der Waals surface area contributed by atoms with Gasteiger partial charge in [-0.05, 0) is 79.8 Å². The van der Waals surface area contributed by atoms with Crippen LogP contribution in [0, 0.1) is 0 Å². The van der Waals surface area contributed by atoms with Crippen LogP contribution in [-0.4, -0.2) is 22.6 Å². The predicted molar refractivity (Wildman–Crippen MR) is 230 cm³/mol. The van der Waals surface area contributed by atoms with Crippen molar-refractivity contribution < 1.29 is 0 Å². The van der Waals surface area contributed by atoms with E-state index in [9.17, 15) is 0 Å². The Balaban J connectivity index is 1.13. The number of fused-ring (bicyclic) bond motifs is 10. The van der Waals surface area contributed by atoms with Crippen LogP contribution in [0.15, 0.2) is 176 Å². The molecule has 0 saturated carbocycles. The zero-order valence-corrected chi connectivity index (χ0v) is 31.1. The molecule has 2 aromatic heterocycles. The Morgan fingerprint density at radius 3 is 2.04 bits per heavy atom. The maximum absolute atomic E-state index is 5.50. The first-order valence-corrected chi connectivity index (χ1v) is 21.7. The fraction of sp³-hybridized carbons (Fsp3) is 0.0400. The molecular weight excluding hydrogens is 671 g/mol. The minimum absolute atomic E-state index is 0.755. The maximum Gasteiger partial charge on any atom is 0.160 e. The zero-order valence-electron chi connectivity index (χ0n) is 30.1. The number of hydrogen-bond donors (Lipinski definition) is 0. The molecule has 10 aromatic rings. The molecule has 0 amide bonds. The normalized spacial score (nSPS) is 13.1.